The Morgan fingerprint density at radius 1 is 1.25 bits per heavy atom. The minimum Gasteiger partial charge on any atom is -0.222 e. The highest BCUT2D eigenvalue weighted by molar-refractivity contribution is 5.01. The van der Waals surface area contributed by atoms with Crippen LogP contribution in [0.15, 0.2) is 24.5 Å². The molecule has 0 aliphatic rings. The van der Waals surface area contributed by atoms with Crippen LogP contribution in [0, 0.1) is 17.2 Å². The van der Waals surface area contributed by atoms with Crippen LogP contribution in [0.5, 0.6) is 0 Å². The predicted molar refractivity (Wildman–Crippen MR) is 46.3 cm³/mol. The highest BCUT2D eigenvalue weighted by atomic mass is 35.7. The van der Waals surface area contributed by atoms with Gasteiger partial charge in [-0.25, -0.2) is 23.2 Å². The Morgan fingerprint density at radius 3 is 2.25 bits per heavy atom. The molecule has 0 aromatic carbocycles. The van der Waals surface area contributed by atoms with Gasteiger partial charge < -0.3 is 0 Å². The number of aryl methyl sites for hydroxylation is 2. The van der Waals surface area contributed by atoms with Crippen molar-refractivity contribution in [2.24, 2.45) is 0 Å². The van der Waals surface area contributed by atoms with Crippen LogP contribution in [-0.4, -0.2) is 0 Å². The zero-order valence-electron chi connectivity index (χ0n) is 9.39. The first kappa shape index (κ1) is 15.3. The molecule has 0 fully saturated rings. The van der Waals surface area contributed by atoms with Crippen molar-refractivity contribution in [3.05, 3.63) is 30.1 Å². The lowest BCUT2D eigenvalue weighted by atomic mass is 10.3. The second-order valence-corrected chi connectivity index (χ2v) is 4.11. The molecule has 0 bridgehead atoms. The first-order valence-corrected chi connectivity index (χ1v) is 6.14. The monoisotopic (exact) mass is 249 g/mol. The molecular formula is C10H16ClNO4. The number of aromatic nitrogens is 1. The van der Waals surface area contributed by atoms with Crippen LogP contribution in [0.4, 0.5) is 0 Å². The van der Waals surface area contributed by atoms with Crippen molar-refractivity contribution in [3.8, 4) is 0 Å². The summed E-state index contributed by atoms with van der Waals surface area (Å²) in [5.41, 5.74) is 1.34. The summed E-state index contributed by atoms with van der Waals surface area (Å²) >= 11 is 0. The maximum absolute atomic E-state index is 8.49. The molecule has 0 amide bonds. The maximum Gasteiger partial charge on any atom is 0.171 e. The molecule has 0 aliphatic heterocycles. The first-order chi connectivity index (χ1) is 7.33. The van der Waals surface area contributed by atoms with Crippen LogP contribution >= 0.6 is 0 Å². The van der Waals surface area contributed by atoms with Gasteiger partial charge in [-0.1, -0.05) is 13.3 Å². The average Bonchev–Trinajstić information content (AvgIpc) is 2.12. The minimum absolute atomic E-state index is 1.15. The lowest BCUT2D eigenvalue weighted by Crippen LogP contribution is -2.68. The smallest absolute Gasteiger partial charge is 0.171 e. The number of nitrogens with zero attached hydrogens (tertiary/aromatic N) is 1. The highest BCUT2D eigenvalue weighted by Crippen LogP contribution is 1.91. The van der Waals surface area contributed by atoms with Gasteiger partial charge in [-0.05, 0) is 13.0 Å². The third-order valence-corrected chi connectivity index (χ3v) is 1.78. The minimum atomic E-state index is -4.94. The second kappa shape index (κ2) is 7.54. The van der Waals surface area contributed by atoms with Gasteiger partial charge >= 0.3 is 0 Å². The van der Waals surface area contributed by atoms with Crippen LogP contribution < -0.4 is 23.2 Å². The fraction of sp³-hybridized carbons (Fsp3) is 0.500. The molecule has 6 heteroatoms. The van der Waals surface area contributed by atoms with Gasteiger partial charge in [0.05, 0.1) is 0 Å². The molecule has 92 valence electrons. The van der Waals surface area contributed by atoms with E-state index in [1.165, 1.54) is 18.4 Å². The Kier molecular flexibility index (Phi) is 7.20. The average molecular weight is 250 g/mol. The van der Waals surface area contributed by atoms with Crippen molar-refractivity contribution in [3.63, 3.8) is 0 Å². The van der Waals surface area contributed by atoms with E-state index >= 15 is 0 Å². The number of halogens is 1. The molecule has 1 heterocycles. The van der Waals surface area contributed by atoms with Crippen LogP contribution in [0.3, 0.4) is 0 Å². The fourth-order valence-corrected chi connectivity index (χ4v) is 1.13. The molecule has 5 nitrogen and oxygen atoms in total. The van der Waals surface area contributed by atoms with E-state index < -0.39 is 10.2 Å². The summed E-state index contributed by atoms with van der Waals surface area (Å²) in [6, 6.07) is 4.23. The van der Waals surface area contributed by atoms with Crippen molar-refractivity contribution >= 4 is 0 Å². The van der Waals surface area contributed by atoms with Gasteiger partial charge in [0.2, 0.25) is 0 Å². The van der Waals surface area contributed by atoms with Crippen molar-refractivity contribution in [1.29, 1.82) is 0 Å². The molecule has 0 atom stereocenters. The van der Waals surface area contributed by atoms with E-state index in [0.717, 1.165) is 6.54 Å². The Labute approximate surface area is 97.3 Å². The number of hydrogen-bond acceptors (Lipinski definition) is 4. The summed E-state index contributed by atoms with van der Waals surface area (Å²) in [5.74, 6) is 0. The summed E-state index contributed by atoms with van der Waals surface area (Å²) in [6.45, 7) is 5.50. The molecule has 0 saturated heterocycles. The molecule has 16 heavy (non-hydrogen) atoms. The van der Waals surface area contributed by atoms with Gasteiger partial charge in [0.25, 0.3) is 0 Å². The summed E-state index contributed by atoms with van der Waals surface area (Å²) in [6.07, 6.45) is 6.85. The van der Waals surface area contributed by atoms with Crippen LogP contribution in [-0.2, 0) is 6.54 Å². The zero-order valence-corrected chi connectivity index (χ0v) is 10.1. The highest BCUT2D eigenvalue weighted by Gasteiger charge is 1.97. The van der Waals surface area contributed by atoms with E-state index in [2.05, 4.69) is 42.9 Å². The SMILES string of the molecule is CCCC[n+]1cccc(C)c1.[O-][Cl+3]([O-])([O-])[O-]. The zero-order chi connectivity index (χ0) is 12.6. The molecule has 0 spiro atoms. The molecular weight excluding hydrogens is 234 g/mol. The number of pyridine rings is 1. The molecule has 0 radical (unpaired) electrons. The summed E-state index contributed by atoms with van der Waals surface area (Å²) in [5, 5.41) is 0. The summed E-state index contributed by atoms with van der Waals surface area (Å²) < 4.78 is 36.2. The number of rotatable bonds is 3. The molecule has 0 saturated carbocycles. The van der Waals surface area contributed by atoms with E-state index in [0.29, 0.717) is 0 Å². The molecule has 1 rings (SSSR count). The van der Waals surface area contributed by atoms with E-state index in [4.69, 9.17) is 18.6 Å². The van der Waals surface area contributed by atoms with Crippen LogP contribution in [0.25, 0.3) is 0 Å². The predicted octanol–water partition coefficient (Wildman–Crippen LogP) is -2.67. The third kappa shape index (κ3) is 11.4. The maximum atomic E-state index is 8.49. The van der Waals surface area contributed by atoms with Gasteiger partial charge in [0.15, 0.2) is 12.4 Å². The largest absolute Gasteiger partial charge is 0.222 e. The van der Waals surface area contributed by atoms with Crippen LogP contribution in [0.2, 0.25) is 0 Å². The first-order valence-electron chi connectivity index (χ1n) is 4.90. The van der Waals surface area contributed by atoms with Gasteiger partial charge in [-0.15, -0.1) is 10.2 Å². The van der Waals surface area contributed by atoms with Crippen molar-refractivity contribution < 1.29 is 33.4 Å². The van der Waals surface area contributed by atoms with E-state index in [1.54, 1.807) is 0 Å². The van der Waals surface area contributed by atoms with Crippen molar-refractivity contribution in [2.45, 2.75) is 33.2 Å². The number of hydrogen-bond donors (Lipinski definition) is 0. The lowest BCUT2D eigenvalue weighted by Gasteiger charge is -2.17. The van der Waals surface area contributed by atoms with Gasteiger partial charge in [0.1, 0.15) is 6.54 Å². The topological polar surface area (TPSA) is 96.1 Å². The van der Waals surface area contributed by atoms with Crippen molar-refractivity contribution in [2.75, 3.05) is 0 Å². The number of unbranched alkanes of at least 4 members (excludes halogenated alkanes) is 1. The molecule has 1 aromatic heterocycles. The fourth-order valence-electron chi connectivity index (χ4n) is 1.13. The van der Waals surface area contributed by atoms with Crippen molar-refractivity contribution in [1.82, 2.24) is 0 Å². The standard InChI is InChI=1S/C10H16N.ClHO4/c1-3-4-7-11-8-5-6-10(2)9-11;2-1(3,4)5/h5-6,8-9H,3-4,7H2,1-2H3;(H,2,3,4,5)/q+1;/p-1. The second-order valence-electron chi connectivity index (χ2n) is 3.35. The quantitative estimate of drug-likeness (QED) is 0.546. The van der Waals surface area contributed by atoms with Gasteiger partial charge in [-0.3, -0.25) is 0 Å². The molecule has 1 aromatic rings. The molecule has 0 unspecified atom stereocenters. The van der Waals surface area contributed by atoms with Gasteiger partial charge in [-0.2, -0.15) is 0 Å². The Hall–Kier alpha value is -0.720. The normalized spacial score (nSPS) is 10.6. The van der Waals surface area contributed by atoms with E-state index in [9.17, 15) is 0 Å². The van der Waals surface area contributed by atoms with Gasteiger partial charge in [0, 0.05) is 18.1 Å². The Bertz CT molecular complexity index is 295. The van der Waals surface area contributed by atoms with Crippen LogP contribution in [0.1, 0.15) is 25.3 Å². The lowest BCUT2D eigenvalue weighted by molar-refractivity contribution is -2.00. The molecule has 0 aliphatic carbocycles. The molecule has 0 N–H and O–H groups in total. The van der Waals surface area contributed by atoms with E-state index in [-0.39, 0.29) is 0 Å². The third-order valence-electron chi connectivity index (χ3n) is 1.78. The summed E-state index contributed by atoms with van der Waals surface area (Å²) in [4.78, 5) is 0. The van der Waals surface area contributed by atoms with E-state index in [1.807, 2.05) is 0 Å². The summed E-state index contributed by atoms with van der Waals surface area (Å²) in [7, 11) is -4.94. The Morgan fingerprint density at radius 2 is 1.81 bits per heavy atom. The Balaban J connectivity index is 0.000000385.